The zero-order valence-electron chi connectivity index (χ0n) is 9.81. The third kappa shape index (κ3) is 3.89. The van der Waals surface area contributed by atoms with Gasteiger partial charge in [0, 0.05) is 23.5 Å². The zero-order valence-corrected chi connectivity index (χ0v) is 10.6. The molecule has 0 aliphatic rings. The predicted molar refractivity (Wildman–Crippen MR) is 73.3 cm³/mol. The summed E-state index contributed by atoms with van der Waals surface area (Å²) >= 11 is 5.62. The van der Waals surface area contributed by atoms with Gasteiger partial charge in [-0.1, -0.05) is 11.6 Å². The number of rotatable bonds is 3. The van der Waals surface area contributed by atoms with Crippen LogP contribution in [-0.2, 0) is 4.79 Å². The predicted octanol–water partition coefficient (Wildman–Crippen LogP) is 3.53. The summed E-state index contributed by atoms with van der Waals surface area (Å²) in [5, 5.41) is 2.71. The van der Waals surface area contributed by atoms with Gasteiger partial charge in [-0.25, -0.2) is 4.39 Å². The second kappa shape index (κ2) is 6.11. The molecular weight excluding hydrogens is 267 g/mol. The molecular formula is C14H10ClFN2O. The van der Waals surface area contributed by atoms with Crippen molar-refractivity contribution in [2.45, 2.75) is 0 Å². The number of hydrogen-bond acceptors (Lipinski definition) is 2. The fourth-order valence-corrected chi connectivity index (χ4v) is 1.57. The third-order valence-corrected chi connectivity index (χ3v) is 2.56. The number of amides is 1. The number of nitrogens with one attached hydrogen (secondary N) is 1. The molecule has 5 heteroatoms. The number of hydrogen-bond donors (Lipinski definition) is 1. The summed E-state index contributed by atoms with van der Waals surface area (Å²) < 4.78 is 13.4. The smallest absolute Gasteiger partial charge is 0.248 e. The first kappa shape index (κ1) is 13.2. The quantitative estimate of drug-likeness (QED) is 0.872. The van der Waals surface area contributed by atoms with E-state index < -0.39 is 11.7 Å². The standard InChI is InChI=1S/C14H10ClFN2O/c15-11-2-3-13(12(16)9-11)18-14(19)4-1-10-5-7-17-8-6-10/h1-9H,(H,18,19)/b4-1+. The van der Waals surface area contributed by atoms with Crippen LogP contribution in [0.25, 0.3) is 6.08 Å². The van der Waals surface area contributed by atoms with Crippen molar-refractivity contribution in [3.8, 4) is 0 Å². The highest BCUT2D eigenvalue weighted by Crippen LogP contribution is 2.18. The van der Waals surface area contributed by atoms with Gasteiger partial charge in [0.1, 0.15) is 5.82 Å². The van der Waals surface area contributed by atoms with E-state index in [1.54, 1.807) is 30.6 Å². The Hall–Kier alpha value is -2.20. The van der Waals surface area contributed by atoms with Gasteiger partial charge in [-0.05, 0) is 42.0 Å². The molecule has 1 aromatic carbocycles. The highest BCUT2D eigenvalue weighted by atomic mass is 35.5. The molecule has 0 saturated carbocycles. The van der Waals surface area contributed by atoms with E-state index in [0.717, 1.165) is 11.6 Å². The molecule has 19 heavy (non-hydrogen) atoms. The summed E-state index contributed by atoms with van der Waals surface area (Å²) in [4.78, 5) is 15.5. The summed E-state index contributed by atoms with van der Waals surface area (Å²) in [5.74, 6) is -0.990. The Morgan fingerprint density at radius 3 is 2.68 bits per heavy atom. The minimum absolute atomic E-state index is 0.0915. The van der Waals surface area contributed by atoms with Gasteiger partial charge in [-0.3, -0.25) is 9.78 Å². The topological polar surface area (TPSA) is 42.0 Å². The Bertz CT molecular complexity index is 614. The van der Waals surface area contributed by atoms with Crippen LogP contribution in [-0.4, -0.2) is 10.9 Å². The lowest BCUT2D eigenvalue weighted by Crippen LogP contribution is -2.09. The molecule has 0 aliphatic heterocycles. The summed E-state index contributed by atoms with van der Waals surface area (Å²) in [7, 11) is 0. The van der Waals surface area contributed by atoms with Crippen LogP contribution < -0.4 is 5.32 Å². The van der Waals surface area contributed by atoms with Crippen LogP contribution in [0.5, 0.6) is 0 Å². The van der Waals surface area contributed by atoms with Crippen molar-refractivity contribution in [3.63, 3.8) is 0 Å². The minimum atomic E-state index is -0.571. The Morgan fingerprint density at radius 1 is 1.26 bits per heavy atom. The number of carbonyl (C=O) groups excluding carboxylic acids is 1. The normalized spacial score (nSPS) is 10.6. The second-order valence-corrected chi connectivity index (χ2v) is 4.16. The maximum Gasteiger partial charge on any atom is 0.248 e. The number of nitrogens with zero attached hydrogens (tertiary/aromatic N) is 1. The van der Waals surface area contributed by atoms with E-state index in [2.05, 4.69) is 10.3 Å². The molecule has 2 aromatic rings. The van der Waals surface area contributed by atoms with E-state index in [9.17, 15) is 9.18 Å². The highest BCUT2D eigenvalue weighted by molar-refractivity contribution is 6.30. The lowest BCUT2D eigenvalue weighted by Gasteiger charge is -2.03. The molecule has 1 aromatic heterocycles. The van der Waals surface area contributed by atoms with Crippen molar-refractivity contribution >= 4 is 29.3 Å². The molecule has 0 bridgehead atoms. The lowest BCUT2D eigenvalue weighted by molar-refractivity contribution is -0.111. The fourth-order valence-electron chi connectivity index (χ4n) is 1.41. The largest absolute Gasteiger partial charge is 0.320 e. The van der Waals surface area contributed by atoms with Crippen LogP contribution in [0.3, 0.4) is 0 Å². The number of aromatic nitrogens is 1. The first-order chi connectivity index (χ1) is 9.15. The zero-order chi connectivity index (χ0) is 13.7. The van der Waals surface area contributed by atoms with Crippen molar-refractivity contribution < 1.29 is 9.18 Å². The van der Waals surface area contributed by atoms with Crippen LogP contribution in [0.15, 0.2) is 48.8 Å². The van der Waals surface area contributed by atoms with Gasteiger partial charge >= 0.3 is 0 Å². The molecule has 0 atom stereocenters. The molecule has 0 aliphatic carbocycles. The van der Waals surface area contributed by atoms with E-state index in [-0.39, 0.29) is 10.7 Å². The van der Waals surface area contributed by atoms with Crippen molar-refractivity contribution in [2.75, 3.05) is 5.32 Å². The van der Waals surface area contributed by atoms with Crippen molar-refractivity contribution in [2.24, 2.45) is 0 Å². The summed E-state index contributed by atoms with van der Waals surface area (Å²) in [5.41, 5.74) is 0.926. The van der Waals surface area contributed by atoms with E-state index in [1.165, 1.54) is 18.2 Å². The third-order valence-electron chi connectivity index (χ3n) is 2.32. The average Bonchev–Trinajstić information content (AvgIpc) is 2.41. The van der Waals surface area contributed by atoms with Gasteiger partial charge in [0.25, 0.3) is 0 Å². The molecule has 0 spiro atoms. The average molecular weight is 277 g/mol. The van der Waals surface area contributed by atoms with Gasteiger partial charge < -0.3 is 5.32 Å². The molecule has 0 unspecified atom stereocenters. The van der Waals surface area contributed by atoms with Crippen LogP contribution in [0.2, 0.25) is 5.02 Å². The monoisotopic (exact) mass is 276 g/mol. The summed E-state index contributed by atoms with van der Waals surface area (Å²) in [6.45, 7) is 0. The molecule has 1 amide bonds. The molecule has 1 heterocycles. The molecule has 0 fully saturated rings. The fraction of sp³-hybridized carbons (Fsp3) is 0. The number of pyridine rings is 1. The van der Waals surface area contributed by atoms with E-state index in [1.807, 2.05) is 0 Å². The van der Waals surface area contributed by atoms with Gasteiger partial charge in [-0.2, -0.15) is 0 Å². The van der Waals surface area contributed by atoms with Crippen molar-refractivity contribution in [3.05, 3.63) is 65.2 Å². The first-order valence-corrected chi connectivity index (χ1v) is 5.87. The molecule has 0 saturated heterocycles. The van der Waals surface area contributed by atoms with Crippen molar-refractivity contribution in [1.29, 1.82) is 0 Å². The lowest BCUT2D eigenvalue weighted by atomic mass is 10.2. The maximum atomic E-state index is 13.4. The SMILES string of the molecule is O=C(/C=C/c1ccncc1)Nc1ccc(Cl)cc1F. The second-order valence-electron chi connectivity index (χ2n) is 3.73. The van der Waals surface area contributed by atoms with Crippen molar-refractivity contribution in [1.82, 2.24) is 4.98 Å². The van der Waals surface area contributed by atoms with E-state index >= 15 is 0 Å². The summed E-state index contributed by atoms with van der Waals surface area (Å²) in [6.07, 6.45) is 6.18. The maximum absolute atomic E-state index is 13.4. The van der Waals surface area contributed by atoms with Crippen LogP contribution in [0, 0.1) is 5.82 Å². The van der Waals surface area contributed by atoms with Crippen LogP contribution in [0.4, 0.5) is 10.1 Å². The Morgan fingerprint density at radius 2 is 2.00 bits per heavy atom. The summed E-state index contributed by atoms with van der Waals surface area (Å²) in [6, 6.07) is 7.58. The van der Waals surface area contributed by atoms with E-state index in [0.29, 0.717) is 0 Å². The molecule has 1 N–H and O–H groups in total. The van der Waals surface area contributed by atoms with Gasteiger partial charge in [0.05, 0.1) is 5.69 Å². The number of anilines is 1. The molecule has 2 rings (SSSR count). The molecule has 96 valence electrons. The molecule has 3 nitrogen and oxygen atoms in total. The van der Waals surface area contributed by atoms with Crippen LogP contribution >= 0.6 is 11.6 Å². The first-order valence-electron chi connectivity index (χ1n) is 5.49. The number of carbonyl (C=O) groups is 1. The molecule has 0 radical (unpaired) electrons. The number of benzene rings is 1. The Kier molecular flexibility index (Phi) is 4.26. The van der Waals surface area contributed by atoms with E-state index in [4.69, 9.17) is 11.6 Å². The highest BCUT2D eigenvalue weighted by Gasteiger charge is 2.04. The van der Waals surface area contributed by atoms with Crippen LogP contribution in [0.1, 0.15) is 5.56 Å². The Labute approximate surface area is 114 Å². The number of halogens is 2. The minimum Gasteiger partial charge on any atom is -0.320 e. The Balaban J connectivity index is 2.04. The van der Waals surface area contributed by atoms with Gasteiger partial charge in [0.15, 0.2) is 0 Å². The van der Waals surface area contributed by atoms with Gasteiger partial charge in [0.2, 0.25) is 5.91 Å². The van der Waals surface area contributed by atoms with Gasteiger partial charge in [-0.15, -0.1) is 0 Å².